The van der Waals surface area contributed by atoms with Crippen molar-refractivity contribution < 1.29 is 8.42 Å². The molecule has 0 bridgehead atoms. The van der Waals surface area contributed by atoms with E-state index >= 15 is 0 Å². The third-order valence-electron chi connectivity index (χ3n) is 3.63. The lowest BCUT2D eigenvalue weighted by Gasteiger charge is -2.15. The number of hydrogen-bond donors (Lipinski definition) is 2. The van der Waals surface area contributed by atoms with Crippen LogP contribution in [0.1, 0.15) is 22.5 Å². The second-order valence-corrected chi connectivity index (χ2v) is 7.53. The Labute approximate surface area is 131 Å². The first-order chi connectivity index (χ1) is 10.3. The minimum Gasteiger partial charge on any atom is -0.308 e. The van der Waals surface area contributed by atoms with Crippen LogP contribution in [0.3, 0.4) is 0 Å². The molecule has 0 saturated heterocycles. The quantitative estimate of drug-likeness (QED) is 0.846. The van der Waals surface area contributed by atoms with Crippen LogP contribution in [-0.2, 0) is 23.1 Å². The Kier molecular flexibility index (Phi) is 5.00. The molecular formula is C15H22N4O2S. The molecule has 0 aliphatic carbocycles. The van der Waals surface area contributed by atoms with Gasteiger partial charge < -0.3 is 5.32 Å². The van der Waals surface area contributed by atoms with Gasteiger partial charge in [-0.2, -0.15) is 5.10 Å². The predicted molar refractivity (Wildman–Crippen MR) is 85.9 cm³/mol. The topological polar surface area (TPSA) is 78.1 Å². The summed E-state index contributed by atoms with van der Waals surface area (Å²) >= 11 is 0. The van der Waals surface area contributed by atoms with Crippen molar-refractivity contribution in [1.29, 1.82) is 0 Å². The molecule has 0 amide bonds. The van der Waals surface area contributed by atoms with Crippen LogP contribution in [0.4, 0.5) is 0 Å². The van der Waals surface area contributed by atoms with Gasteiger partial charge in [-0.25, -0.2) is 12.7 Å². The number of sulfonamides is 1. The van der Waals surface area contributed by atoms with Gasteiger partial charge in [-0.05, 0) is 25.5 Å². The number of nitrogens with one attached hydrogen (secondary N) is 2. The van der Waals surface area contributed by atoms with Gasteiger partial charge in [-0.3, -0.25) is 5.10 Å². The van der Waals surface area contributed by atoms with Crippen LogP contribution in [0, 0.1) is 13.8 Å². The van der Waals surface area contributed by atoms with Gasteiger partial charge in [0, 0.05) is 38.4 Å². The summed E-state index contributed by atoms with van der Waals surface area (Å²) in [6.07, 6.45) is 0. The van der Waals surface area contributed by atoms with Crippen LogP contribution in [0.25, 0.3) is 0 Å². The smallest absolute Gasteiger partial charge is 0.242 e. The van der Waals surface area contributed by atoms with E-state index < -0.39 is 10.0 Å². The second kappa shape index (κ2) is 6.60. The van der Waals surface area contributed by atoms with Crippen molar-refractivity contribution in [2.24, 2.45) is 0 Å². The summed E-state index contributed by atoms with van der Waals surface area (Å²) in [7, 11) is -0.354. The highest BCUT2D eigenvalue weighted by atomic mass is 32.2. The van der Waals surface area contributed by atoms with Gasteiger partial charge in [-0.15, -0.1) is 0 Å². The van der Waals surface area contributed by atoms with Crippen molar-refractivity contribution in [3.63, 3.8) is 0 Å². The molecule has 0 saturated carbocycles. The summed E-state index contributed by atoms with van der Waals surface area (Å²) in [5, 5.41) is 10.4. The maximum atomic E-state index is 12.3. The van der Waals surface area contributed by atoms with Crippen LogP contribution in [-0.4, -0.2) is 37.0 Å². The van der Waals surface area contributed by atoms with E-state index in [-0.39, 0.29) is 0 Å². The van der Waals surface area contributed by atoms with E-state index in [2.05, 4.69) is 15.5 Å². The highest BCUT2D eigenvalue weighted by Gasteiger charge is 2.20. The number of H-pyrrole nitrogens is 1. The lowest BCUT2D eigenvalue weighted by Crippen LogP contribution is -2.24. The molecular weight excluding hydrogens is 300 g/mol. The minimum atomic E-state index is -3.43. The molecule has 0 aliphatic heterocycles. The fourth-order valence-corrected chi connectivity index (χ4v) is 3.37. The highest BCUT2D eigenvalue weighted by molar-refractivity contribution is 7.89. The SMILES string of the molecule is Cc1n[nH]c(C)c1CNCc1ccccc1S(=O)(=O)N(C)C. The van der Waals surface area contributed by atoms with Crippen molar-refractivity contribution in [2.75, 3.05) is 14.1 Å². The first-order valence-electron chi connectivity index (χ1n) is 7.05. The molecule has 2 rings (SSSR count). The van der Waals surface area contributed by atoms with E-state index in [1.54, 1.807) is 12.1 Å². The van der Waals surface area contributed by atoms with Crippen LogP contribution in [0.15, 0.2) is 29.2 Å². The van der Waals surface area contributed by atoms with Crippen molar-refractivity contribution in [3.8, 4) is 0 Å². The molecule has 1 aromatic heterocycles. The van der Waals surface area contributed by atoms with Crippen LogP contribution >= 0.6 is 0 Å². The van der Waals surface area contributed by atoms with Crippen LogP contribution in [0.5, 0.6) is 0 Å². The maximum absolute atomic E-state index is 12.3. The Morgan fingerprint density at radius 1 is 1.18 bits per heavy atom. The molecule has 2 N–H and O–H groups in total. The fourth-order valence-electron chi connectivity index (χ4n) is 2.25. The molecule has 0 atom stereocenters. The molecule has 0 aliphatic rings. The standard InChI is InChI=1S/C15H22N4O2S/c1-11-14(12(2)18-17-11)10-16-9-13-7-5-6-8-15(13)22(20,21)19(3)4/h5-8,16H,9-10H2,1-4H3,(H,17,18). The molecule has 7 heteroatoms. The summed E-state index contributed by atoms with van der Waals surface area (Å²) < 4.78 is 25.9. The van der Waals surface area contributed by atoms with Crippen LogP contribution in [0.2, 0.25) is 0 Å². The number of benzene rings is 1. The Hall–Kier alpha value is -1.70. The molecule has 22 heavy (non-hydrogen) atoms. The third-order valence-corrected chi connectivity index (χ3v) is 5.54. The zero-order valence-electron chi connectivity index (χ0n) is 13.3. The van der Waals surface area contributed by atoms with Gasteiger partial charge in [0.25, 0.3) is 0 Å². The molecule has 1 aromatic carbocycles. The minimum absolute atomic E-state index is 0.341. The number of aromatic amines is 1. The van der Waals surface area contributed by atoms with Gasteiger partial charge in [0.1, 0.15) is 0 Å². The van der Waals surface area contributed by atoms with Gasteiger partial charge in [0.2, 0.25) is 10.0 Å². The largest absolute Gasteiger partial charge is 0.308 e. The molecule has 0 fully saturated rings. The first kappa shape index (κ1) is 16.7. The van der Waals surface area contributed by atoms with Gasteiger partial charge in [0.05, 0.1) is 10.6 Å². The molecule has 6 nitrogen and oxygen atoms in total. The number of nitrogens with zero attached hydrogens (tertiary/aromatic N) is 2. The van der Waals surface area contributed by atoms with Crippen molar-refractivity contribution in [1.82, 2.24) is 19.8 Å². The summed E-state index contributed by atoms with van der Waals surface area (Å²) in [5.74, 6) is 0. The number of aryl methyl sites for hydroxylation is 2. The molecule has 0 unspecified atom stereocenters. The van der Waals surface area contributed by atoms with E-state index in [0.717, 1.165) is 22.5 Å². The van der Waals surface area contributed by atoms with E-state index in [9.17, 15) is 8.42 Å². The molecule has 1 heterocycles. The van der Waals surface area contributed by atoms with E-state index in [4.69, 9.17) is 0 Å². The Morgan fingerprint density at radius 2 is 1.86 bits per heavy atom. The molecule has 0 radical (unpaired) electrons. The number of hydrogen-bond acceptors (Lipinski definition) is 4. The summed E-state index contributed by atoms with van der Waals surface area (Å²) in [6, 6.07) is 7.06. The van der Waals surface area contributed by atoms with Gasteiger partial charge in [-0.1, -0.05) is 18.2 Å². The monoisotopic (exact) mass is 322 g/mol. The first-order valence-corrected chi connectivity index (χ1v) is 8.49. The Morgan fingerprint density at radius 3 is 2.45 bits per heavy atom. The summed E-state index contributed by atoms with van der Waals surface area (Å²) in [6.45, 7) is 5.05. The Bertz CT molecular complexity index is 731. The van der Waals surface area contributed by atoms with Crippen molar-refractivity contribution in [2.45, 2.75) is 31.8 Å². The van der Waals surface area contributed by atoms with Crippen LogP contribution < -0.4 is 5.32 Å². The molecule has 120 valence electrons. The predicted octanol–water partition coefficient (Wildman–Crippen LogP) is 1.57. The molecule has 2 aromatic rings. The normalized spacial score (nSPS) is 12.0. The number of aromatic nitrogens is 2. The zero-order chi connectivity index (χ0) is 16.3. The van der Waals surface area contributed by atoms with Crippen molar-refractivity contribution >= 4 is 10.0 Å². The average Bonchev–Trinajstić information content (AvgIpc) is 2.79. The number of rotatable bonds is 6. The average molecular weight is 322 g/mol. The fraction of sp³-hybridized carbons (Fsp3) is 0.400. The second-order valence-electron chi connectivity index (χ2n) is 5.41. The van der Waals surface area contributed by atoms with E-state index in [1.807, 2.05) is 26.0 Å². The zero-order valence-corrected chi connectivity index (χ0v) is 14.2. The molecule has 0 spiro atoms. The highest BCUT2D eigenvalue weighted by Crippen LogP contribution is 2.18. The van der Waals surface area contributed by atoms with Gasteiger partial charge >= 0.3 is 0 Å². The summed E-state index contributed by atoms with van der Waals surface area (Å²) in [4.78, 5) is 0.341. The Balaban J connectivity index is 2.15. The lowest BCUT2D eigenvalue weighted by atomic mass is 10.2. The third kappa shape index (κ3) is 3.37. The maximum Gasteiger partial charge on any atom is 0.242 e. The van der Waals surface area contributed by atoms with E-state index in [1.165, 1.54) is 18.4 Å². The van der Waals surface area contributed by atoms with E-state index in [0.29, 0.717) is 18.0 Å². The summed E-state index contributed by atoms with van der Waals surface area (Å²) in [5.41, 5.74) is 3.86. The van der Waals surface area contributed by atoms with Crippen molar-refractivity contribution in [3.05, 3.63) is 46.8 Å². The van der Waals surface area contributed by atoms with Gasteiger partial charge in [0.15, 0.2) is 0 Å². The lowest BCUT2D eigenvalue weighted by molar-refractivity contribution is 0.518.